The summed E-state index contributed by atoms with van der Waals surface area (Å²) < 4.78 is 0. The minimum atomic E-state index is -0.367. The van der Waals surface area contributed by atoms with Crippen molar-refractivity contribution in [3.63, 3.8) is 0 Å². The van der Waals surface area contributed by atoms with Crippen LogP contribution in [0.2, 0.25) is 0 Å². The topological polar surface area (TPSA) is 75.2 Å². The van der Waals surface area contributed by atoms with Gasteiger partial charge in [-0.05, 0) is 37.0 Å². The van der Waals surface area contributed by atoms with Gasteiger partial charge >= 0.3 is 0 Å². The van der Waals surface area contributed by atoms with Crippen LogP contribution in [0.1, 0.15) is 36.9 Å². The number of amides is 2. The van der Waals surface area contributed by atoms with E-state index in [1.807, 2.05) is 29.3 Å². The smallest absolute Gasteiger partial charge is 0.245 e. The normalized spacial score (nSPS) is 20.5. The lowest BCUT2D eigenvalue weighted by Crippen LogP contribution is -2.51. The van der Waals surface area contributed by atoms with Crippen molar-refractivity contribution < 1.29 is 9.59 Å². The summed E-state index contributed by atoms with van der Waals surface area (Å²) in [5.74, 6) is 0.0150. The van der Waals surface area contributed by atoms with E-state index in [0.29, 0.717) is 25.9 Å². The van der Waals surface area contributed by atoms with E-state index in [-0.39, 0.29) is 23.3 Å². The monoisotopic (exact) mass is 432 g/mol. The van der Waals surface area contributed by atoms with Gasteiger partial charge in [0.05, 0.1) is 5.69 Å². The molecule has 1 aromatic carbocycles. The van der Waals surface area contributed by atoms with Gasteiger partial charge in [0.2, 0.25) is 11.8 Å². The molecule has 31 heavy (non-hydrogen) atoms. The first-order valence-corrected chi connectivity index (χ1v) is 11.5. The zero-order valence-electron chi connectivity index (χ0n) is 17.2. The highest BCUT2D eigenvalue weighted by molar-refractivity contribution is 7.13. The van der Waals surface area contributed by atoms with Gasteiger partial charge in [0, 0.05) is 48.3 Å². The Labute approximate surface area is 185 Å². The number of pyridine rings is 1. The summed E-state index contributed by atoms with van der Waals surface area (Å²) in [6.07, 6.45) is 6.25. The molecule has 0 bridgehead atoms. The Hall–Kier alpha value is -3.06. The molecule has 0 aliphatic carbocycles. The predicted molar refractivity (Wildman–Crippen MR) is 120 cm³/mol. The molecule has 5 rings (SSSR count). The lowest BCUT2D eigenvalue weighted by atomic mass is 9.70. The lowest BCUT2D eigenvalue weighted by Gasteiger charge is -2.42. The molecule has 3 aromatic rings. The third kappa shape index (κ3) is 3.74. The van der Waals surface area contributed by atoms with Crippen molar-refractivity contribution in [3.8, 4) is 10.6 Å². The van der Waals surface area contributed by atoms with Gasteiger partial charge in [-0.1, -0.05) is 30.3 Å². The van der Waals surface area contributed by atoms with Crippen LogP contribution < -0.4 is 5.32 Å². The van der Waals surface area contributed by atoms with Gasteiger partial charge in [-0.25, -0.2) is 4.98 Å². The summed E-state index contributed by atoms with van der Waals surface area (Å²) >= 11 is 1.64. The van der Waals surface area contributed by atoms with Gasteiger partial charge in [0.1, 0.15) is 11.0 Å². The Morgan fingerprint density at radius 1 is 1.13 bits per heavy atom. The van der Waals surface area contributed by atoms with Crippen molar-refractivity contribution in [2.45, 2.75) is 37.1 Å². The fourth-order valence-electron chi connectivity index (χ4n) is 4.69. The number of nitrogens with zero attached hydrogens (tertiary/aromatic N) is 3. The number of likely N-dealkylation sites (tertiary alicyclic amines) is 1. The Morgan fingerprint density at radius 3 is 2.61 bits per heavy atom. The lowest BCUT2D eigenvalue weighted by molar-refractivity contribution is -0.135. The van der Waals surface area contributed by atoms with Crippen molar-refractivity contribution in [2.75, 3.05) is 13.1 Å². The number of benzene rings is 1. The highest BCUT2D eigenvalue weighted by atomic mass is 32.1. The first kappa shape index (κ1) is 19.9. The van der Waals surface area contributed by atoms with Crippen LogP contribution in [-0.2, 0) is 15.0 Å². The molecule has 0 saturated carbocycles. The summed E-state index contributed by atoms with van der Waals surface area (Å²) in [5, 5.41) is 5.93. The van der Waals surface area contributed by atoms with Gasteiger partial charge in [-0.15, -0.1) is 11.3 Å². The number of hydrogen-bond donors (Lipinski definition) is 1. The van der Waals surface area contributed by atoms with Crippen LogP contribution >= 0.6 is 11.3 Å². The van der Waals surface area contributed by atoms with Crippen LogP contribution in [0.3, 0.4) is 0 Å². The average molecular weight is 433 g/mol. The Morgan fingerprint density at radius 2 is 1.94 bits per heavy atom. The third-order valence-corrected chi connectivity index (χ3v) is 7.34. The van der Waals surface area contributed by atoms with Crippen molar-refractivity contribution in [1.29, 1.82) is 0 Å². The second kappa shape index (κ2) is 8.23. The van der Waals surface area contributed by atoms with Gasteiger partial charge < -0.3 is 10.2 Å². The highest BCUT2D eigenvalue weighted by Gasteiger charge is 2.42. The van der Waals surface area contributed by atoms with Crippen LogP contribution in [0.25, 0.3) is 10.6 Å². The standard InChI is InChI=1S/C24H24N4O2S/c29-21-9-8-19(26-21)23(30)28-13-10-24(11-14-28,18-6-2-1-3-7-18)20-16-31-22(27-20)17-5-4-12-25-15-17/h1-7,12,15-16,19H,8-11,13-14H2,(H,26,29). The number of thiazole rings is 1. The Kier molecular flexibility index (Phi) is 5.28. The second-order valence-electron chi connectivity index (χ2n) is 8.21. The number of carbonyl (C=O) groups excluding carboxylic acids is 2. The Balaban J connectivity index is 1.42. The van der Waals surface area contributed by atoms with E-state index < -0.39 is 0 Å². The molecule has 2 amide bonds. The number of carbonyl (C=O) groups is 2. The van der Waals surface area contributed by atoms with Crippen LogP contribution in [0.4, 0.5) is 0 Å². The van der Waals surface area contributed by atoms with Gasteiger partial charge in [-0.3, -0.25) is 14.6 Å². The molecule has 0 radical (unpaired) electrons. The molecule has 1 atom stereocenters. The molecule has 1 unspecified atom stereocenters. The molecule has 2 aromatic heterocycles. The van der Waals surface area contributed by atoms with E-state index in [9.17, 15) is 9.59 Å². The molecule has 2 aliphatic rings. The minimum Gasteiger partial charge on any atom is -0.344 e. The molecular weight excluding hydrogens is 408 g/mol. The minimum absolute atomic E-state index is 0.0283. The second-order valence-corrected chi connectivity index (χ2v) is 9.07. The molecule has 6 nitrogen and oxygen atoms in total. The molecule has 1 N–H and O–H groups in total. The number of hydrogen-bond acceptors (Lipinski definition) is 5. The van der Waals surface area contributed by atoms with E-state index >= 15 is 0 Å². The van der Waals surface area contributed by atoms with Crippen LogP contribution in [0.5, 0.6) is 0 Å². The van der Waals surface area contributed by atoms with E-state index in [1.165, 1.54) is 5.56 Å². The van der Waals surface area contributed by atoms with Crippen LogP contribution in [0.15, 0.2) is 60.2 Å². The fraction of sp³-hybridized carbons (Fsp3) is 0.333. The van der Waals surface area contributed by atoms with E-state index in [4.69, 9.17) is 4.98 Å². The average Bonchev–Trinajstić information content (AvgIpc) is 3.50. The van der Waals surface area contributed by atoms with Crippen molar-refractivity contribution >= 4 is 23.2 Å². The van der Waals surface area contributed by atoms with Crippen molar-refractivity contribution in [3.05, 3.63) is 71.5 Å². The first-order valence-electron chi connectivity index (χ1n) is 10.7. The molecule has 7 heteroatoms. The van der Waals surface area contributed by atoms with E-state index in [2.05, 4.69) is 39.9 Å². The largest absolute Gasteiger partial charge is 0.344 e. The van der Waals surface area contributed by atoms with Gasteiger partial charge in [0.15, 0.2) is 0 Å². The summed E-state index contributed by atoms with van der Waals surface area (Å²) in [6.45, 7) is 1.31. The third-order valence-electron chi connectivity index (χ3n) is 6.45. The molecule has 2 saturated heterocycles. The number of aromatic nitrogens is 2. The molecule has 158 valence electrons. The van der Waals surface area contributed by atoms with Crippen LogP contribution in [-0.4, -0.2) is 45.8 Å². The highest BCUT2D eigenvalue weighted by Crippen LogP contribution is 2.43. The van der Waals surface area contributed by atoms with Crippen LogP contribution in [0, 0.1) is 0 Å². The molecule has 0 spiro atoms. The number of piperidine rings is 1. The predicted octanol–water partition coefficient (Wildman–Crippen LogP) is 3.39. The van der Waals surface area contributed by atoms with E-state index in [0.717, 1.165) is 29.1 Å². The maximum atomic E-state index is 12.9. The van der Waals surface area contributed by atoms with Crippen molar-refractivity contribution in [1.82, 2.24) is 20.2 Å². The summed E-state index contributed by atoms with van der Waals surface area (Å²) in [7, 11) is 0. The zero-order valence-corrected chi connectivity index (χ0v) is 18.0. The fourth-order valence-corrected chi connectivity index (χ4v) is 5.60. The van der Waals surface area contributed by atoms with E-state index in [1.54, 1.807) is 17.5 Å². The quantitative estimate of drug-likeness (QED) is 0.686. The van der Waals surface area contributed by atoms with Gasteiger partial charge in [-0.2, -0.15) is 0 Å². The van der Waals surface area contributed by atoms with Gasteiger partial charge in [0.25, 0.3) is 0 Å². The SMILES string of the molecule is O=C1CCC(C(=O)N2CCC(c3ccccc3)(c3csc(-c4cccnc4)n3)CC2)N1. The molecular formula is C24H24N4O2S. The number of rotatable bonds is 4. The summed E-state index contributed by atoms with van der Waals surface area (Å²) in [5.41, 5.74) is 3.09. The number of nitrogens with one attached hydrogen (secondary N) is 1. The maximum absolute atomic E-state index is 12.9. The first-order chi connectivity index (χ1) is 15.2. The molecule has 4 heterocycles. The molecule has 2 fully saturated rings. The summed E-state index contributed by atoms with van der Waals surface area (Å²) in [4.78, 5) is 35.6. The Bertz CT molecular complexity index is 1080. The van der Waals surface area contributed by atoms with Crippen molar-refractivity contribution in [2.24, 2.45) is 0 Å². The zero-order chi connectivity index (χ0) is 21.3. The summed E-state index contributed by atoms with van der Waals surface area (Å²) in [6, 6.07) is 14.1. The maximum Gasteiger partial charge on any atom is 0.245 e. The molecule has 2 aliphatic heterocycles.